The van der Waals surface area contributed by atoms with Gasteiger partial charge in [-0.25, -0.2) is 0 Å². The second-order valence-corrected chi connectivity index (χ2v) is 4.08. The van der Waals surface area contributed by atoms with Gasteiger partial charge in [0.25, 0.3) is 0 Å². The van der Waals surface area contributed by atoms with E-state index in [1.165, 1.54) is 0 Å². The van der Waals surface area contributed by atoms with Gasteiger partial charge in [-0.3, -0.25) is 0 Å². The van der Waals surface area contributed by atoms with E-state index in [0.29, 0.717) is 16.5 Å². The Hall–Kier alpha value is -1.67. The van der Waals surface area contributed by atoms with Gasteiger partial charge in [0.2, 0.25) is 0 Å². The third kappa shape index (κ3) is 4.00. The summed E-state index contributed by atoms with van der Waals surface area (Å²) < 4.78 is 0. The Bertz CT molecular complexity index is 454. The molecule has 0 aliphatic rings. The van der Waals surface area contributed by atoms with E-state index in [2.05, 4.69) is 0 Å². The quantitative estimate of drug-likeness (QED) is 0.740. The molecule has 0 bridgehead atoms. The van der Waals surface area contributed by atoms with Gasteiger partial charge in [-0.05, 0) is 37.6 Å². The number of benzene rings is 2. The highest BCUT2D eigenvalue weighted by Crippen LogP contribution is 2.27. The van der Waals surface area contributed by atoms with Gasteiger partial charge in [0.15, 0.2) is 0 Å². The van der Waals surface area contributed by atoms with Crippen molar-refractivity contribution in [3.63, 3.8) is 0 Å². The molecule has 0 radical (unpaired) electrons. The highest BCUT2D eigenvalue weighted by atomic mass is 35.5. The Morgan fingerprint density at radius 1 is 0.882 bits per heavy atom. The van der Waals surface area contributed by atoms with Crippen molar-refractivity contribution >= 4 is 11.6 Å². The van der Waals surface area contributed by atoms with Crippen LogP contribution < -0.4 is 0 Å². The molecule has 0 aliphatic carbocycles. The van der Waals surface area contributed by atoms with E-state index in [1.54, 1.807) is 43.3 Å². The van der Waals surface area contributed by atoms with Crippen molar-refractivity contribution in [3.05, 3.63) is 58.6 Å². The molecule has 0 amide bonds. The molecule has 0 spiro atoms. The maximum Gasteiger partial charge on any atom is 0.122 e. The van der Waals surface area contributed by atoms with Crippen LogP contribution >= 0.6 is 11.6 Å². The van der Waals surface area contributed by atoms with Crippen LogP contribution in [0.3, 0.4) is 0 Å². The smallest absolute Gasteiger partial charge is 0.122 e. The zero-order chi connectivity index (χ0) is 12.8. The Morgan fingerprint density at radius 3 is 1.88 bits per heavy atom. The van der Waals surface area contributed by atoms with Crippen molar-refractivity contribution in [1.82, 2.24) is 0 Å². The summed E-state index contributed by atoms with van der Waals surface area (Å²) in [7, 11) is 0. The first-order valence-electron chi connectivity index (χ1n) is 5.21. The molecule has 2 aromatic rings. The third-order valence-electron chi connectivity index (χ3n) is 2.32. The van der Waals surface area contributed by atoms with Crippen LogP contribution in [0, 0.1) is 13.8 Å². The van der Waals surface area contributed by atoms with Crippen molar-refractivity contribution in [1.29, 1.82) is 0 Å². The first-order valence-corrected chi connectivity index (χ1v) is 5.59. The SMILES string of the molecule is Cc1ccc(Cl)c(C)c1O.Oc1ccccc1. The van der Waals surface area contributed by atoms with Crippen molar-refractivity contribution in [3.8, 4) is 11.5 Å². The van der Waals surface area contributed by atoms with Gasteiger partial charge in [-0.1, -0.05) is 35.9 Å². The van der Waals surface area contributed by atoms with Crippen LogP contribution in [-0.4, -0.2) is 10.2 Å². The van der Waals surface area contributed by atoms with Gasteiger partial charge in [0.1, 0.15) is 11.5 Å². The molecule has 17 heavy (non-hydrogen) atoms. The largest absolute Gasteiger partial charge is 0.508 e. The van der Waals surface area contributed by atoms with Gasteiger partial charge >= 0.3 is 0 Å². The highest BCUT2D eigenvalue weighted by Gasteiger charge is 2.02. The lowest BCUT2D eigenvalue weighted by Crippen LogP contribution is -1.80. The molecule has 0 fully saturated rings. The fourth-order valence-electron chi connectivity index (χ4n) is 1.24. The van der Waals surface area contributed by atoms with Gasteiger partial charge < -0.3 is 10.2 Å². The molecule has 2 rings (SSSR count). The normalized spacial score (nSPS) is 9.35. The van der Waals surface area contributed by atoms with Crippen LogP contribution in [0.25, 0.3) is 0 Å². The minimum Gasteiger partial charge on any atom is -0.508 e. The summed E-state index contributed by atoms with van der Waals surface area (Å²) in [5, 5.41) is 18.5. The lowest BCUT2D eigenvalue weighted by Gasteiger charge is -2.02. The van der Waals surface area contributed by atoms with Crippen LogP contribution in [-0.2, 0) is 0 Å². The molecule has 0 aromatic heterocycles. The molecular formula is C14H15ClO2. The number of aryl methyl sites for hydroxylation is 1. The first-order chi connectivity index (χ1) is 8.02. The number of hydrogen-bond donors (Lipinski definition) is 2. The molecule has 3 heteroatoms. The topological polar surface area (TPSA) is 40.5 Å². The molecule has 0 aliphatic heterocycles. The fraction of sp³-hybridized carbons (Fsp3) is 0.143. The Labute approximate surface area is 106 Å². The monoisotopic (exact) mass is 250 g/mol. The maximum absolute atomic E-state index is 9.30. The lowest BCUT2D eigenvalue weighted by atomic mass is 10.1. The van der Waals surface area contributed by atoms with Crippen molar-refractivity contribution in [2.75, 3.05) is 0 Å². The zero-order valence-electron chi connectivity index (χ0n) is 9.81. The van der Waals surface area contributed by atoms with Gasteiger partial charge in [0, 0.05) is 10.6 Å². The van der Waals surface area contributed by atoms with Crippen LogP contribution in [0.15, 0.2) is 42.5 Å². The average Bonchev–Trinajstić information content (AvgIpc) is 2.33. The molecule has 0 heterocycles. The Balaban J connectivity index is 0.000000181. The molecule has 2 aromatic carbocycles. The molecule has 90 valence electrons. The van der Waals surface area contributed by atoms with E-state index < -0.39 is 0 Å². The number of aromatic hydroxyl groups is 2. The highest BCUT2D eigenvalue weighted by molar-refractivity contribution is 6.31. The van der Waals surface area contributed by atoms with Crippen LogP contribution in [0.5, 0.6) is 11.5 Å². The van der Waals surface area contributed by atoms with Gasteiger partial charge in [-0.2, -0.15) is 0 Å². The summed E-state index contributed by atoms with van der Waals surface area (Å²) >= 11 is 5.73. The van der Waals surface area contributed by atoms with Crippen molar-refractivity contribution in [2.45, 2.75) is 13.8 Å². The number of halogens is 1. The molecule has 0 atom stereocenters. The van der Waals surface area contributed by atoms with Gasteiger partial charge in [0.05, 0.1) is 0 Å². The minimum atomic E-state index is 0.299. The van der Waals surface area contributed by atoms with E-state index in [9.17, 15) is 5.11 Å². The Morgan fingerprint density at radius 2 is 1.47 bits per heavy atom. The van der Waals surface area contributed by atoms with E-state index >= 15 is 0 Å². The van der Waals surface area contributed by atoms with E-state index in [-0.39, 0.29) is 0 Å². The van der Waals surface area contributed by atoms with E-state index in [0.717, 1.165) is 11.1 Å². The Kier molecular flexibility index (Phi) is 4.85. The first kappa shape index (κ1) is 13.4. The second-order valence-electron chi connectivity index (χ2n) is 3.67. The fourth-order valence-corrected chi connectivity index (χ4v) is 1.39. The van der Waals surface area contributed by atoms with Crippen LogP contribution in [0.1, 0.15) is 11.1 Å². The molecule has 0 unspecified atom stereocenters. The lowest BCUT2D eigenvalue weighted by molar-refractivity contribution is 0.467. The van der Waals surface area contributed by atoms with Gasteiger partial charge in [-0.15, -0.1) is 0 Å². The maximum atomic E-state index is 9.30. The van der Waals surface area contributed by atoms with E-state index in [1.807, 2.05) is 13.0 Å². The zero-order valence-corrected chi connectivity index (χ0v) is 10.6. The van der Waals surface area contributed by atoms with Crippen molar-refractivity contribution in [2.24, 2.45) is 0 Å². The number of phenolic OH excluding ortho intramolecular Hbond substituents is 2. The third-order valence-corrected chi connectivity index (χ3v) is 2.73. The summed E-state index contributed by atoms with van der Waals surface area (Å²) in [6, 6.07) is 12.3. The number of rotatable bonds is 0. The average molecular weight is 251 g/mol. The van der Waals surface area contributed by atoms with Crippen molar-refractivity contribution < 1.29 is 10.2 Å². The molecular weight excluding hydrogens is 236 g/mol. The summed E-state index contributed by atoms with van der Waals surface area (Å²) in [5.74, 6) is 0.620. The predicted octanol–water partition coefficient (Wildman–Crippen LogP) is 4.05. The summed E-state index contributed by atoms with van der Waals surface area (Å²) in [6.07, 6.45) is 0. The van der Waals surface area contributed by atoms with Crippen LogP contribution in [0.4, 0.5) is 0 Å². The summed E-state index contributed by atoms with van der Waals surface area (Å²) in [5.41, 5.74) is 1.61. The molecule has 2 nitrogen and oxygen atoms in total. The van der Waals surface area contributed by atoms with Crippen LogP contribution in [0.2, 0.25) is 5.02 Å². The summed E-state index contributed by atoms with van der Waals surface area (Å²) in [6.45, 7) is 3.64. The number of hydrogen-bond acceptors (Lipinski definition) is 2. The minimum absolute atomic E-state index is 0.299. The predicted molar refractivity (Wildman–Crippen MR) is 70.7 cm³/mol. The molecule has 2 N–H and O–H groups in total. The van der Waals surface area contributed by atoms with E-state index in [4.69, 9.17) is 16.7 Å². The second kappa shape index (κ2) is 6.16. The molecule has 0 saturated heterocycles. The summed E-state index contributed by atoms with van der Waals surface area (Å²) in [4.78, 5) is 0. The standard InChI is InChI=1S/C8H9ClO.C6H6O/c1-5-3-4-7(9)6(2)8(5)10;7-6-4-2-1-3-5-6/h3-4,10H,1-2H3;1-5,7H. The number of phenols is 2. The molecule has 0 saturated carbocycles. The number of para-hydroxylation sites is 1.